The third kappa shape index (κ3) is 2.27. The molecule has 0 heterocycles. The molecule has 2 nitrogen and oxygen atoms in total. The van der Waals surface area contributed by atoms with Crippen LogP contribution in [0.3, 0.4) is 0 Å². The zero-order valence-electron chi connectivity index (χ0n) is 7.39. The van der Waals surface area contributed by atoms with E-state index < -0.39 is 0 Å². The van der Waals surface area contributed by atoms with Crippen molar-refractivity contribution in [2.75, 3.05) is 12.3 Å². The smallest absolute Gasteiger partial charge is 0.160 e. The SMILES string of the molecule is C/C(NCCS)=C1/CCCC1=O. The first-order valence-corrected chi connectivity index (χ1v) is 4.96. The molecule has 1 rings (SSSR count). The first-order valence-electron chi connectivity index (χ1n) is 4.33. The molecule has 0 amide bonds. The topological polar surface area (TPSA) is 29.1 Å². The minimum absolute atomic E-state index is 0.319. The van der Waals surface area contributed by atoms with Crippen molar-refractivity contribution < 1.29 is 4.79 Å². The molecular formula is C9H15NOS. The van der Waals surface area contributed by atoms with E-state index in [-0.39, 0.29) is 0 Å². The van der Waals surface area contributed by atoms with E-state index in [2.05, 4.69) is 17.9 Å². The van der Waals surface area contributed by atoms with Crippen molar-refractivity contribution in [1.82, 2.24) is 5.32 Å². The number of ketones is 1. The zero-order chi connectivity index (χ0) is 8.97. The highest BCUT2D eigenvalue weighted by molar-refractivity contribution is 7.80. The Bertz CT molecular complexity index is 211. The van der Waals surface area contributed by atoms with Crippen LogP contribution in [0.1, 0.15) is 26.2 Å². The van der Waals surface area contributed by atoms with Crippen molar-refractivity contribution in [2.24, 2.45) is 0 Å². The Morgan fingerprint density at radius 3 is 2.83 bits per heavy atom. The van der Waals surface area contributed by atoms with Crippen molar-refractivity contribution >= 4 is 18.4 Å². The standard InChI is InChI=1S/C9H15NOS/c1-7(10-5-6-12)8-3-2-4-9(8)11/h10,12H,2-6H2,1H3/b8-7+. The van der Waals surface area contributed by atoms with Gasteiger partial charge in [0.25, 0.3) is 0 Å². The van der Waals surface area contributed by atoms with Crippen LogP contribution in [-0.4, -0.2) is 18.1 Å². The minimum Gasteiger partial charge on any atom is -0.387 e. The van der Waals surface area contributed by atoms with Gasteiger partial charge in [-0.3, -0.25) is 4.79 Å². The maximum absolute atomic E-state index is 11.3. The van der Waals surface area contributed by atoms with Crippen molar-refractivity contribution in [2.45, 2.75) is 26.2 Å². The number of hydrogen-bond acceptors (Lipinski definition) is 3. The Labute approximate surface area is 78.8 Å². The second-order valence-corrected chi connectivity index (χ2v) is 3.48. The van der Waals surface area contributed by atoms with Gasteiger partial charge in [0.2, 0.25) is 0 Å². The summed E-state index contributed by atoms with van der Waals surface area (Å²) in [6, 6.07) is 0. The average molecular weight is 185 g/mol. The fourth-order valence-corrected chi connectivity index (χ4v) is 1.57. The number of rotatable bonds is 3. The Hall–Kier alpha value is -0.440. The van der Waals surface area contributed by atoms with E-state index in [1.807, 2.05) is 6.92 Å². The molecule has 1 aliphatic rings. The van der Waals surface area contributed by atoms with E-state index in [0.717, 1.165) is 42.8 Å². The number of thiol groups is 1. The molecule has 1 fully saturated rings. The summed E-state index contributed by atoms with van der Waals surface area (Å²) in [6.07, 6.45) is 2.70. The summed E-state index contributed by atoms with van der Waals surface area (Å²) in [7, 11) is 0. The molecule has 3 heteroatoms. The molecule has 0 aliphatic heterocycles. The second-order valence-electron chi connectivity index (χ2n) is 3.03. The predicted octanol–water partition coefficient (Wildman–Crippen LogP) is 1.53. The monoisotopic (exact) mass is 185 g/mol. The van der Waals surface area contributed by atoms with Gasteiger partial charge >= 0.3 is 0 Å². The quantitative estimate of drug-likeness (QED) is 0.516. The van der Waals surface area contributed by atoms with Gasteiger partial charge < -0.3 is 5.32 Å². The van der Waals surface area contributed by atoms with Crippen LogP contribution in [0.2, 0.25) is 0 Å². The maximum atomic E-state index is 11.3. The van der Waals surface area contributed by atoms with Crippen LogP contribution in [0.15, 0.2) is 11.3 Å². The fraction of sp³-hybridized carbons (Fsp3) is 0.667. The molecule has 1 saturated carbocycles. The molecular weight excluding hydrogens is 170 g/mol. The van der Waals surface area contributed by atoms with Crippen molar-refractivity contribution in [3.63, 3.8) is 0 Å². The predicted molar refractivity (Wildman–Crippen MR) is 53.4 cm³/mol. The van der Waals surface area contributed by atoms with Gasteiger partial charge in [0.05, 0.1) is 0 Å². The summed E-state index contributed by atoms with van der Waals surface area (Å²) in [5.41, 5.74) is 2.04. The van der Waals surface area contributed by atoms with Gasteiger partial charge in [-0.15, -0.1) is 0 Å². The van der Waals surface area contributed by atoms with Gasteiger partial charge in [-0.25, -0.2) is 0 Å². The van der Waals surface area contributed by atoms with Gasteiger partial charge in [0.15, 0.2) is 5.78 Å². The molecule has 0 aromatic rings. The number of nitrogens with one attached hydrogen (secondary N) is 1. The molecule has 0 spiro atoms. The number of Topliss-reactive ketones (excluding diaryl/α,β-unsaturated/α-hetero) is 1. The molecule has 68 valence electrons. The minimum atomic E-state index is 0.319. The van der Waals surface area contributed by atoms with Crippen molar-refractivity contribution in [3.8, 4) is 0 Å². The lowest BCUT2D eigenvalue weighted by Gasteiger charge is -2.06. The van der Waals surface area contributed by atoms with Crippen LogP contribution in [0, 0.1) is 0 Å². The summed E-state index contributed by atoms with van der Waals surface area (Å²) in [5.74, 6) is 1.12. The van der Waals surface area contributed by atoms with Gasteiger partial charge in [-0.1, -0.05) is 0 Å². The summed E-state index contributed by atoms with van der Waals surface area (Å²) < 4.78 is 0. The first-order chi connectivity index (χ1) is 5.75. The van der Waals surface area contributed by atoms with E-state index in [0.29, 0.717) is 5.78 Å². The molecule has 0 aromatic heterocycles. The molecule has 0 unspecified atom stereocenters. The third-order valence-corrected chi connectivity index (χ3v) is 2.35. The van der Waals surface area contributed by atoms with Crippen LogP contribution in [0.25, 0.3) is 0 Å². The molecule has 1 aliphatic carbocycles. The van der Waals surface area contributed by atoms with Gasteiger partial charge in [-0.2, -0.15) is 12.6 Å². The summed E-state index contributed by atoms with van der Waals surface area (Å²) in [4.78, 5) is 11.3. The highest BCUT2D eigenvalue weighted by Gasteiger charge is 2.18. The van der Waals surface area contributed by atoms with Crippen LogP contribution in [0.4, 0.5) is 0 Å². The fourth-order valence-electron chi connectivity index (χ4n) is 1.46. The Morgan fingerprint density at radius 1 is 1.58 bits per heavy atom. The lowest BCUT2D eigenvalue weighted by Crippen LogP contribution is -2.16. The molecule has 0 saturated heterocycles. The summed E-state index contributed by atoms with van der Waals surface area (Å²) >= 11 is 4.09. The number of hydrogen-bond donors (Lipinski definition) is 2. The average Bonchev–Trinajstić information content (AvgIpc) is 2.47. The maximum Gasteiger partial charge on any atom is 0.160 e. The Kier molecular flexibility index (Phi) is 3.66. The normalized spacial score (nSPS) is 21.3. The van der Waals surface area contributed by atoms with Gasteiger partial charge in [-0.05, 0) is 19.8 Å². The molecule has 1 N–H and O–H groups in total. The second kappa shape index (κ2) is 4.55. The van der Waals surface area contributed by atoms with Crippen molar-refractivity contribution in [1.29, 1.82) is 0 Å². The molecule has 0 aromatic carbocycles. The molecule has 0 bridgehead atoms. The van der Waals surface area contributed by atoms with E-state index in [1.165, 1.54) is 0 Å². The third-order valence-electron chi connectivity index (χ3n) is 2.12. The van der Waals surface area contributed by atoms with Crippen molar-refractivity contribution in [3.05, 3.63) is 11.3 Å². The van der Waals surface area contributed by atoms with Crippen LogP contribution in [0.5, 0.6) is 0 Å². The highest BCUT2D eigenvalue weighted by Crippen LogP contribution is 2.22. The summed E-state index contributed by atoms with van der Waals surface area (Å²) in [5, 5.41) is 3.19. The lowest BCUT2D eigenvalue weighted by molar-refractivity contribution is -0.114. The highest BCUT2D eigenvalue weighted by atomic mass is 32.1. The number of allylic oxidation sites excluding steroid dienone is 2. The Morgan fingerprint density at radius 2 is 2.33 bits per heavy atom. The van der Waals surface area contributed by atoms with E-state index in [1.54, 1.807) is 0 Å². The first kappa shape index (κ1) is 9.65. The van der Waals surface area contributed by atoms with E-state index in [9.17, 15) is 4.79 Å². The van der Waals surface area contributed by atoms with Crippen LogP contribution < -0.4 is 5.32 Å². The van der Waals surface area contributed by atoms with E-state index >= 15 is 0 Å². The van der Waals surface area contributed by atoms with Gasteiger partial charge in [0.1, 0.15) is 0 Å². The number of carbonyl (C=O) groups excluding carboxylic acids is 1. The lowest BCUT2D eigenvalue weighted by atomic mass is 10.1. The summed E-state index contributed by atoms with van der Waals surface area (Å²) in [6.45, 7) is 2.81. The molecule has 12 heavy (non-hydrogen) atoms. The zero-order valence-corrected chi connectivity index (χ0v) is 8.29. The number of carbonyl (C=O) groups is 1. The van der Waals surface area contributed by atoms with Crippen LogP contribution >= 0.6 is 12.6 Å². The molecule has 0 atom stereocenters. The van der Waals surface area contributed by atoms with Gasteiger partial charge in [0, 0.05) is 30.0 Å². The Balaban J connectivity index is 2.55. The van der Waals surface area contributed by atoms with E-state index in [4.69, 9.17) is 0 Å². The van der Waals surface area contributed by atoms with Crippen LogP contribution in [-0.2, 0) is 4.79 Å². The largest absolute Gasteiger partial charge is 0.387 e. The molecule has 0 radical (unpaired) electrons.